The number of hydrogen-bond donors (Lipinski definition) is 2. The first-order valence-corrected chi connectivity index (χ1v) is 12.7. The Bertz CT molecular complexity index is 1430. The van der Waals surface area contributed by atoms with Gasteiger partial charge in [0.25, 0.3) is 0 Å². The van der Waals surface area contributed by atoms with Gasteiger partial charge in [-0.15, -0.1) is 10.2 Å². The zero-order valence-corrected chi connectivity index (χ0v) is 21.3. The van der Waals surface area contributed by atoms with Crippen molar-refractivity contribution in [3.63, 3.8) is 0 Å². The predicted molar refractivity (Wildman–Crippen MR) is 137 cm³/mol. The molecule has 3 aromatic carbocycles. The average molecular weight is 525 g/mol. The first-order chi connectivity index (χ1) is 15.5. The smallest absolute Gasteiger partial charge is 0.241 e. The van der Waals surface area contributed by atoms with E-state index in [1.165, 1.54) is 0 Å². The second-order valence-electron chi connectivity index (χ2n) is 8.91. The fraction of sp³-hybridized carbons (Fsp3) is 0.200. The summed E-state index contributed by atoms with van der Waals surface area (Å²) < 4.78 is 29.8. The van der Waals surface area contributed by atoms with Crippen LogP contribution >= 0.6 is 15.9 Å². The summed E-state index contributed by atoms with van der Waals surface area (Å²) in [7, 11) is -3.70. The molecule has 33 heavy (non-hydrogen) atoms. The summed E-state index contributed by atoms with van der Waals surface area (Å²) >= 11 is 3.44. The first kappa shape index (κ1) is 23.4. The summed E-state index contributed by atoms with van der Waals surface area (Å²) in [5, 5.41) is 14.0. The van der Waals surface area contributed by atoms with Crippen LogP contribution in [-0.2, 0) is 10.0 Å². The number of aromatic nitrogens is 2. The van der Waals surface area contributed by atoms with Gasteiger partial charge in [0, 0.05) is 32.0 Å². The van der Waals surface area contributed by atoms with Crippen molar-refractivity contribution in [2.75, 3.05) is 5.32 Å². The molecule has 0 spiro atoms. The van der Waals surface area contributed by atoms with Crippen molar-refractivity contribution < 1.29 is 8.42 Å². The van der Waals surface area contributed by atoms with Gasteiger partial charge in [-0.2, -0.15) is 0 Å². The molecule has 0 saturated carbocycles. The molecule has 6 nitrogen and oxygen atoms in total. The highest BCUT2D eigenvalue weighted by Gasteiger charge is 2.24. The summed E-state index contributed by atoms with van der Waals surface area (Å²) in [5.74, 6) is 0.631. The molecule has 170 valence electrons. The Morgan fingerprint density at radius 1 is 0.879 bits per heavy atom. The van der Waals surface area contributed by atoms with Crippen LogP contribution in [-0.4, -0.2) is 24.2 Å². The molecule has 0 aliphatic carbocycles. The molecule has 0 bridgehead atoms. The number of halogens is 1. The maximum absolute atomic E-state index is 13.0. The second kappa shape index (κ2) is 8.85. The fourth-order valence-electron chi connectivity index (χ4n) is 3.57. The molecule has 0 aliphatic rings. The van der Waals surface area contributed by atoms with E-state index in [1.807, 2.05) is 75.4 Å². The van der Waals surface area contributed by atoms with Crippen molar-refractivity contribution in [1.29, 1.82) is 0 Å². The van der Waals surface area contributed by atoms with Crippen LogP contribution in [0, 0.1) is 6.92 Å². The Labute approximate surface area is 202 Å². The van der Waals surface area contributed by atoms with Gasteiger partial charge in [0.2, 0.25) is 10.0 Å². The Hall–Kier alpha value is -2.81. The minimum atomic E-state index is -3.70. The lowest BCUT2D eigenvalue weighted by molar-refractivity contribution is 0.491. The molecule has 0 fully saturated rings. The maximum Gasteiger partial charge on any atom is 0.241 e. The molecular formula is C25H25BrN4O2S. The van der Waals surface area contributed by atoms with Crippen LogP contribution in [0.3, 0.4) is 0 Å². The van der Waals surface area contributed by atoms with Crippen molar-refractivity contribution in [2.24, 2.45) is 0 Å². The molecule has 4 aromatic rings. The number of rotatable bonds is 5. The largest absolute Gasteiger partial charge is 0.338 e. The number of hydrogen-bond acceptors (Lipinski definition) is 5. The van der Waals surface area contributed by atoms with Crippen molar-refractivity contribution in [3.8, 4) is 11.3 Å². The van der Waals surface area contributed by atoms with Gasteiger partial charge < -0.3 is 5.32 Å². The molecule has 0 aliphatic heterocycles. The molecule has 4 rings (SSSR count). The minimum Gasteiger partial charge on any atom is -0.338 e. The summed E-state index contributed by atoms with van der Waals surface area (Å²) in [5.41, 5.74) is 2.28. The normalized spacial score (nSPS) is 12.2. The van der Waals surface area contributed by atoms with Gasteiger partial charge in [0.05, 0.1) is 4.90 Å². The molecule has 8 heteroatoms. The van der Waals surface area contributed by atoms with E-state index >= 15 is 0 Å². The third-order valence-electron chi connectivity index (χ3n) is 4.99. The molecule has 0 amide bonds. The Morgan fingerprint density at radius 2 is 1.55 bits per heavy atom. The van der Waals surface area contributed by atoms with Crippen LogP contribution < -0.4 is 10.0 Å². The van der Waals surface area contributed by atoms with Crippen LogP contribution in [0.1, 0.15) is 26.3 Å². The van der Waals surface area contributed by atoms with E-state index in [1.54, 1.807) is 19.1 Å². The second-order valence-corrected chi connectivity index (χ2v) is 11.5. The summed E-state index contributed by atoms with van der Waals surface area (Å²) in [6, 6.07) is 21.0. The van der Waals surface area contributed by atoms with Gasteiger partial charge in [-0.25, -0.2) is 13.1 Å². The molecule has 2 N–H and O–H groups in total. The highest BCUT2D eigenvalue weighted by molar-refractivity contribution is 9.10. The Morgan fingerprint density at radius 3 is 2.21 bits per heavy atom. The number of aryl methyl sites for hydroxylation is 1. The fourth-order valence-corrected chi connectivity index (χ4v) is 5.53. The lowest BCUT2D eigenvalue weighted by Crippen LogP contribution is -2.40. The van der Waals surface area contributed by atoms with E-state index in [0.29, 0.717) is 22.6 Å². The highest BCUT2D eigenvalue weighted by atomic mass is 79.9. The number of sulfonamides is 1. The number of fused-ring (bicyclic) bond motifs is 1. The standard InChI is InChI=1S/C25H25BrN4O2S/c1-16-9-10-17(15-22(16)33(31,32)30-25(2,3)4)23-20-7-5-6-8-21(20)24(29-28-23)27-19-13-11-18(26)12-14-19/h5-15,30H,1-4H3,(H,27,29). The number of anilines is 2. The average Bonchev–Trinajstić information content (AvgIpc) is 2.74. The Balaban J connectivity index is 1.81. The lowest BCUT2D eigenvalue weighted by Gasteiger charge is -2.21. The third kappa shape index (κ3) is 5.24. The van der Waals surface area contributed by atoms with Gasteiger partial charge >= 0.3 is 0 Å². The van der Waals surface area contributed by atoms with Gasteiger partial charge in [-0.3, -0.25) is 0 Å². The summed E-state index contributed by atoms with van der Waals surface area (Å²) in [4.78, 5) is 0.234. The molecule has 1 heterocycles. The van der Waals surface area contributed by atoms with Gasteiger partial charge in [0.1, 0.15) is 5.69 Å². The van der Waals surface area contributed by atoms with Gasteiger partial charge in [-0.05, 0) is 63.6 Å². The van der Waals surface area contributed by atoms with E-state index in [9.17, 15) is 8.42 Å². The van der Waals surface area contributed by atoms with E-state index in [0.717, 1.165) is 20.9 Å². The van der Waals surface area contributed by atoms with Gasteiger partial charge in [0.15, 0.2) is 5.82 Å². The lowest BCUT2D eigenvalue weighted by atomic mass is 10.0. The van der Waals surface area contributed by atoms with E-state index in [-0.39, 0.29) is 4.90 Å². The number of nitrogens with one attached hydrogen (secondary N) is 2. The van der Waals surface area contributed by atoms with Crippen molar-refractivity contribution in [2.45, 2.75) is 38.1 Å². The molecular weight excluding hydrogens is 500 g/mol. The van der Waals surface area contributed by atoms with Crippen LogP contribution in [0.15, 0.2) is 76.1 Å². The van der Waals surface area contributed by atoms with E-state index < -0.39 is 15.6 Å². The van der Waals surface area contributed by atoms with Crippen molar-refractivity contribution in [3.05, 3.63) is 76.8 Å². The zero-order chi connectivity index (χ0) is 23.8. The SMILES string of the molecule is Cc1ccc(-c2nnc(Nc3ccc(Br)cc3)c3ccccc23)cc1S(=O)(=O)NC(C)(C)C. The van der Waals surface area contributed by atoms with E-state index in [2.05, 4.69) is 36.2 Å². The van der Waals surface area contributed by atoms with Crippen molar-refractivity contribution in [1.82, 2.24) is 14.9 Å². The monoisotopic (exact) mass is 524 g/mol. The molecule has 0 radical (unpaired) electrons. The van der Waals surface area contributed by atoms with Crippen LogP contribution in [0.25, 0.3) is 22.0 Å². The summed E-state index contributed by atoms with van der Waals surface area (Å²) in [6.45, 7) is 7.25. The predicted octanol–water partition coefficient (Wildman–Crippen LogP) is 6.19. The Kier molecular flexibility index (Phi) is 6.26. The van der Waals surface area contributed by atoms with Crippen LogP contribution in [0.5, 0.6) is 0 Å². The molecule has 0 atom stereocenters. The molecule has 1 aromatic heterocycles. The van der Waals surface area contributed by atoms with Crippen LogP contribution in [0.4, 0.5) is 11.5 Å². The first-order valence-electron chi connectivity index (χ1n) is 10.5. The minimum absolute atomic E-state index is 0.234. The zero-order valence-electron chi connectivity index (χ0n) is 18.8. The molecule has 0 saturated heterocycles. The van der Waals surface area contributed by atoms with Gasteiger partial charge in [-0.1, -0.05) is 52.3 Å². The maximum atomic E-state index is 13.0. The quantitative estimate of drug-likeness (QED) is 0.325. The molecule has 0 unspecified atom stereocenters. The summed E-state index contributed by atoms with van der Waals surface area (Å²) in [6.07, 6.45) is 0. The van der Waals surface area contributed by atoms with Crippen molar-refractivity contribution >= 4 is 48.2 Å². The van der Waals surface area contributed by atoms with Crippen LogP contribution in [0.2, 0.25) is 0 Å². The number of nitrogens with zero attached hydrogens (tertiary/aromatic N) is 2. The highest BCUT2D eigenvalue weighted by Crippen LogP contribution is 2.33. The topological polar surface area (TPSA) is 84.0 Å². The van der Waals surface area contributed by atoms with E-state index in [4.69, 9.17) is 0 Å². The number of benzene rings is 3. The third-order valence-corrected chi connectivity index (χ3v) is 7.41.